The normalized spacial score (nSPS) is 17.1. The highest BCUT2D eigenvalue weighted by Gasteiger charge is 2.34. The van der Waals surface area contributed by atoms with Crippen molar-refractivity contribution >= 4 is 28.7 Å². The van der Waals surface area contributed by atoms with Gasteiger partial charge in [0.25, 0.3) is 0 Å². The molecule has 5 nitrogen and oxygen atoms in total. The summed E-state index contributed by atoms with van der Waals surface area (Å²) in [6.45, 7) is 1.81. The number of esters is 1. The number of para-hydroxylation sites is 1. The largest absolute Gasteiger partial charge is 0.452 e. The van der Waals surface area contributed by atoms with Gasteiger partial charge in [-0.3, -0.25) is 9.59 Å². The van der Waals surface area contributed by atoms with E-state index < -0.39 is 0 Å². The van der Waals surface area contributed by atoms with Gasteiger partial charge in [0.2, 0.25) is 5.78 Å². The number of hydrogen-bond acceptors (Lipinski definition) is 4. The van der Waals surface area contributed by atoms with E-state index in [1.54, 1.807) is 18.2 Å². The summed E-state index contributed by atoms with van der Waals surface area (Å²) in [4.78, 5) is 24.8. The minimum Gasteiger partial charge on any atom is -0.452 e. The summed E-state index contributed by atoms with van der Waals surface area (Å²) in [5.74, 6) is 0.842. The van der Waals surface area contributed by atoms with Crippen molar-refractivity contribution in [2.45, 2.75) is 19.8 Å². The molecule has 0 spiro atoms. The first kappa shape index (κ1) is 16.8. The molecular weight excluding hydrogens is 354 g/mol. The molecular formula is C23H19NO4. The Morgan fingerprint density at radius 3 is 2.79 bits per heavy atom. The van der Waals surface area contributed by atoms with Crippen molar-refractivity contribution in [3.05, 3.63) is 65.0 Å². The number of benzene rings is 2. The second-order valence-corrected chi connectivity index (χ2v) is 7.41. The van der Waals surface area contributed by atoms with Gasteiger partial charge >= 0.3 is 5.97 Å². The Labute approximate surface area is 162 Å². The fourth-order valence-corrected chi connectivity index (χ4v) is 3.62. The number of aromatic nitrogens is 1. The Morgan fingerprint density at radius 2 is 2.00 bits per heavy atom. The lowest BCUT2D eigenvalue weighted by Gasteiger charge is -2.09. The zero-order valence-electron chi connectivity index (χ0n) is 15.7. The van der Waals surface area contributed by atoms with Crippen molar-refractivity contribution < 1.29 is 19.1 Å². The van der Waals surface area contributed by atoms with E-state index in [1.165, 1.54) is 0 Å². The number of allylic oxidation sites excluding steroid dienone is 1. The summed E-state index contributed by atoms with van der Waals surface area (Å²) in [6, 6.07) is 11.4. The van der Waals surface area contributed by atoms with Crippen molar-refractivity contribution in [3.63, 3.8) is 0 Å². The van der Waals surface area contributed by atoms with Crippen LogP contribution in [0.3, 0.4) is 0 Å². The number of hydrogen-bond donors (Lipinski definition) is 0. The minimum atomic E-state index is -0.209. The summed E-state index contributed by atoms with van der Waals surface area (Å²) in [7, 11) is 1.97. The van der Waals surface area contributed by atoms with Gasteiger partial charge in [0.05, 0.1) is 11.5 Å². The van der Waals surface area contributed by atoms with E-state index >= 15 is 0 Å². The van der Waals surface area contributed by atoms with Crippen molar-refractivity contribution in [1.29, 1.82) is 0 Å². The quantitative estimate of drug-likeness (QED) is 0.387. The molecule has 0 atom stereocenters. The lowest BCUT2D eigenvalue weighted by atomic mass is 10.1. The number of carbonyl (C=O) groups is 2. The van der Waals surface area contributed by atoms with Crippen LogP contribution in [-0.2, 0) is 11.8 Å². The van der Waals surface area contributed by atoms with Crippen molar-refractivity contribution in [2.75, 3.05) is 0 Å². The van der Waals surface area contributed by atoms with Crippen LogP contribution >= 0.6 is 0 Å². The third-order valence-electron chi connectivity index (χ3n) is 5.37. The van der Waals surface area contributed by atoms with Crippen LogP contribution in [-0.4, -0.2) is 16.3 Å². The van der Waals surface area contributed by atoms with Gasteiger partial charge < -0.3 is 14.0 Å². The summed E-state index contributed by atoms with van der Waals surface area (Å²) in [5.41, 5.74) is 3.17. The first-order valence-electron chi connectivity index (χ1n) is 9.36. The van der Waals surface area contributed by atoms with E-state index in [0.717, 1.165) is 29.3 Å². The second-order valence-electron chi connectivity index (χ2n) is 7.41. The average Bonchev–Trinajstić information content (AvgIpc) is 3.44. The number of Topliss-reactive ketones (excluding diaryl/α,β-unsaturated/α-hetero) is 1. The zero-order valence-corrected chi connectivity index (χ0v) is 15.7. The molecule has 0 amide bonds. The molecule has 1 aliphatic carbocycles. The Morgan fingerprint density at radius 1 is 1.21 bits per heavy atom. The average molecular weight is 373 g/mol. The van der Waals surface area contributed by atoms with Gasteiger partial charge in [-0.2, -0.15) is 0 Å². The number of ketones is 1. The van der Waals surface area contributed by atoms with E-state index in [4.69, 9.17) is 9.47 Å². The van der Waals surface area contributed by atoms with Crippen molar-refractivity contribution in [2.24, 2.45) is 13.0 Å². The third-order valence-corrected chi connectivity index (χ3v) is 5.37. The summed E-state index contributed by atoms with van der Waals surface area (Å²) < 4.78 is 13.4. The summed E-state index contributed by atoms with van der Waals surface area (Å²) in [5, 5.41) is 1.06. The first-order valence-corrected chi connectivity index (χ1v) is 9.36. The number of nitrogens with zero attached hydrogens (tertiary/aromatic N) is 1. The molecule has 2 heterocycles. The fourth-order valence-electron chi connectivity index (χ4n) is 3.62. The molecule has 5 rings (SSSR count). The lowest BCUT2D eigenvalue weighted by molar-refractivity contribution is -0.135. The highest BCUT2D eigenvalue weighted by molar-refractivity contribution is 6.15. The maximum atomic E-state index is 12.8. The molecule has 28 heavy (non-hydrogen) atoms. The predicted octanol–water partition coefficient (Wildman–Crippen LogP) is 4.42. The van der Waals surface area contributed by atoms with Gasteiger partial charge in [-0.05, 0) is 44.0 Å². The van der Waals surface area contributed by atoms with Crippen LogP contribution in [0.4, 0.5) is 0 Å². The van der Waals surface area contributed by atoms with Crippen molar-refractivity contribution in [1.82, 2.24) is 4.57 Å². The number of aryl methyl sites for hydroxylation is 1. The molecule has 2 aliphatic rings. The second kappa shape index (κ2) is 6.09. The predicted molar refractivity (Wildman–Crippen MR) is 105 cm³/mol. The standard InChI is InChI=1S/C23H19NO4/c1-13-19(28-23(26)14-7-8-14)10-9-17-21(25)20(27-22(13)17)11-15-12-24(2)18-6-4-3-5-16(15)18/h3-6,9-12,14H,7-8H2,1-2H3/b20-11+. The van der Waals surface area contributed by atoms with Crippen LogP contribution in [0.2, 0.25) is 0 Å². The molecule has 2 aromatic carbocycles. The van der Waals surface area contributed by atoms with Crippen LogP contribution in [0.5, 0.6) is 11.5 Å². The number of rotatable bonds is 3. The van der Waals surface area contributed by atoms with Crippen LogP contribution < -0.4 is 9.47 Å². The molecule has 1 fully saturated rings. The number of ether oxygens (including phenoxy) is 2. The van der Waals surface area contributed by atoms with Crippen LogP contribution in [0.15, 0.2) is 48.4 Å². The topological polar surface area (TPSA) is 57.5 Å². The smallest absolute Gasteiger partial charge is 0.314 e. The van der Waals surface area contributed by atoms with Gasteiger partial charge in [-0.25, -0.2) is 0 Å². The van der Waals surface area contributed by atoms with Gasteiger partial charge in [0, 0.05) is 35.3 Å². The van der Waals surface area contributed by atoms with E-state index in [0.29, 0.717) is 22.6 Å². The van der Waals surface area contributed by atoms with E-state index in [1.807, 2.05) is 49.0 Å². The van der Waals surface area contributed by atoms with Gasteiger partial charge in [-0.15, -0.1) is 0 Å². The fraction of sp³-hybridized carbons (Fsp3) is 0.217. The molecule has 0 unspecified atom stereocenters. The van der Waals surface area contributed by atoms with Gasteiger partial charge in [-0.1, -0.05) is 18.2 Å². The monoisotopic (exact) mass is 373 g/mol. The maximum absolute atomic E-state index is 12.8. The summed E-state index contributed by atoms with van der Waals surface area (Å²) >= 11 is 0. The number of fused-ring (bicyclic) bond motifs is 2. The molecule has 0 saturated heterocycles. The molecule has 1 saturated carbocycles. The van der Waals surface area contributed by atoms with Crippen LogP contribution in [0.1, 0.15) is 34.3 Å². The van der Waals surface area contributed by atoms with Crippen molar-refractivity contribution in [3.8, 4) is 11.5 Å². The first-order chi connectivity index (χ1) is 13.5. The molecule has 3 aromatic rings. The highest BCUT2D eigenvalue weighted by atomic mass is 16.5. The lowest BCUT2D eigenvalue weighted by Crippen LogP contribution is -2.10. The molecule has 5 heteroatoms. The van der Waals surface area contributed by atoms with Crippen LogP contribution in [0, 0.1) is 12.8 Å². The van der Waals surface area contributed by atoms with Gasteiger partial charge in [0.1, 0.15) is 11.5 Å². The zero-order chi connectivity index (χ0) is 19.4. The molecule has 140 valence electrons. The molecule has 1 aromatic heterocycles. The number of carbonyl (C=O) groups excluding carboxylic acids is 2. The Hall–Kier alpha value is -3.34. The van der Waals surface area contributed by atoms with E-state index in [2.05, 4.69) is 0 Å². The minimum absolute atomic E-state index is 0.0111. The Bertz CT molecular complexity index is 1180. The van der Waals surface area contributed by atoms with Gasteiger partial charge in [0.15, 0.2) is 5.76 Å². The summed E-state index contributed by atoms with van der Waals surface area (Å²) in [6.07, 6.45) is 5.53. The van der Waals surface area contributed by atoms with E-state index in [9.17, 15) is 9.59 Å². The maximum Gasteiger partial charge on any atom is 0.314 e. The Kier molecular flexibility index (Phi) is 3.66. The van der Waals surface area contributed by atoms with Crippen LogP contribution in [0.25, 0.3) is 17.0 Å². The molecule has 0 N–H and O–H groups in total. The third kappa shape index (κ3) is 2.62. The molecule has 0 bridgehead atoms. The Balaban J connectivity index is 1.50. The SMILES string of the molecule is Cc1c(OC(=O)C2CC2)ccc2c1O/C(=C/c1cn(C)c3ccccc13)C2=O. The highest BCUT2D eigenvalue weighted by Crippen LogP contribution is 2.40. The van der Waals surface area contributed by atoms with E-state index in [-0.39, 0.29) is 23.4 Å². The molecule has 0 radical (unpaired) electrons. The molecule has 1 aliphatic heterocycles.